The second-order valence-electron chi connectivity index (χ2n) is 23.8. The second-order valence-corrected chi connectivity index (χ2v) is 25.3. The lowest BCUT2D eigenvalue weighted by molar-refractivity contribution is -0.870. The van der Waals surface area contributed by atoms with Crippen LogP contribution < -0.4 is 0 Å². The molecule has 88 heavy (non-hydrogen) atoms. The molecule has 0 saturated carbocycles. The topological polar surface area (TPSA) is 108 Å². The van der Waals surface area contributed by atoms with Crippen LogP contribution in [-0.2, 0) is 32.7 Å². The van der Waals surface area contributed by atoms with E-state index in [0.717, 1.165) is 148 Å². The van der Waals surface area contributed by atoms with Crippen LogP contribution in [0, 0.1) is 0 Å². The Morgan fingerprint density at radius 1 is 0.352 bits per heavy atom. The minimum atomic E-state index is -4.41. The molecule has 0 fully saturated rings. The van der Waals surface area contributed by atoms with Gasteiger partial charge in [-0.2, -0.15) is 0 Å². The Bertz CT molecular complexity index is 2090. The maximum Gasteiger partial charge on any atom is 0.472 e. The molecule has 1 N–H and O–H groups in total. The van der Waals surface area contributed by atoms with Gasteiger partial charge in [0.05, 0.1) is 27.7 Å². The highest BCUT2D eigenvalue weighted by Crippen LogP contribution is 2.43. The highest BCUT2D eigenvalue weighted by molar-refractivity contribution is 7.47. The average Bonchev–Trinajstić information content (AvgIpc) is 3.68. The smallest absolute Gasteiger partial charge is 0.462 e. The highest BCUT2D eigenvalue weighted by Gasteiger charge is 2.27. The van der Waals surface area contributed by atoms with Crippen LogP contribution in [0.3, 0.4) is 0 Å². The third-order valence-electron chi connectivity index (χ3n) is 14.2. The summed E-state index contributed by atoms with van der Waals surface area (Å²) in [4.78, 5) is 35.9. The fourth-order valence-corrected chi connectivity index (χ4v) is 9.72. The average molecular weight is 1240 g/mol. The van der Waals surface area contributed by atoms with Gasteiger partial charge in [-0.15, -0.1) is 0 Å². The van der Waals surface area contributed by atoms with Crippen LogP contribution in [0.4, 0.5) is 0 Å². The molecule has 0 aromatic rings. The van der Waals surface area contributed by atoms with E-state index in [-0.39, 0.29) is 32.0 Å². The van der Waals surface area contributed by atoms with Crippen LogP contribution in [-0.4, -0.2) is 74.9 Å². The van der Waals surface area contributed by atoms with Gasteiger partial charge in [0.25, 0.3) is 0 Å². The fourth-order valence-electron chi connectivity index (χ4n) is 8.98. The quantitative estimate of drug-likeness (QED) is 0.0211. The number of nitrogens with zero attached hydrogens (tertiary/aromatic N) is 1. The van der Waals surface area contributed by atoms with Crippen molar-refractivity contribution in [2.75, 3.05) is 47.5 Å². The van der Waals surface area contributed by atoms with Gasteiger partial charge in [0, 0.05) is 12.8 Å². The zero-order chi connectivity index (χ0) is 64.1. The lowest BCUT2D eigenvalue weighted by Gasteiger charge is -2.24. The third kappa shape index (κ3) is 70.5. The minimum absolute atomic E-state index is 0.0200. The lowest BCUT2D eigenvalue weighted by atomic mass is 10.0. The number of phosphoric ester groups is 1. The van der Waals surface area contributed by atoms with Crippen molar-refractivity contribution >= 4 is 19.8 Å². The van der Waals surface area contributed by atoms with Gasteiger partial charge in [-0.05, 0) is 128 Å². The molecule has 0 bridgehead atoms. The van der Waals surface area contributed by atoms with Crippen LogP contribution in [0.15, 0.2) is 170 Å². The predicted octanol–water partition coefficient (Wildman–Crippen LogP) is 22.9. The van der Waals surface area contributed by atoms with E-state index in [4.69, 9.17) is 18.5 Å². The number of hydrogen-bond donors (Lipinski definition) is 1. The Morgan fingerprint density at radius 2 is 0.614 bits per heavy atom. The van der Waals surface area contributed by atoms with Crippen molar-refractivity contribution in [1.29, 1.82) is 0 Å². The standard InChI is InChI=1S/C78H128NO8P/c1-6-8-10-12-14-16-18-20-22-24-26-28-30-32-34-35-36-37-38-39-40-41-42-43-45-47-49-51-53-55-57-59-61-63-65-67-69-71-78(81)87-76(75-86-88(82,83)85-73-72-79(3,4)5)74-84-77(80)70-68-66-64-62-60-58-56-54-52-50-48-46-44-33-31-29-27-25-23-21-19-17-15-13-11-9-7-2/h8-11,14-17,20-23,26-29,32,34,36-37,39-40,42-43,47,49,53,55,76H,6-7,12-13,18-19,24-25,30-31,33,35,38,41,44-46,48,50-52,54,56-75H2,1-5H3/p+1/b10-8-,11-9-,16-14-,17-15-,22-20-,23-21-,28-26-,29-27-,34-32-,37-36-,40-39-,43-42-,49-47-,55-53-. The summed E-state index contributed by atoms with van der Waals surface area (Å²) in [5.41, 5.74) is 0. The number of rotatable bonds is 62. The van der Waals surface area contributed by atoms with E-state index in [1.807, 2.05) is 21.1 Å². The number of carbonyl (C=O) groups excluding carboxylic acids is 2. The number of allylic oxidation sites excluding steroid dienone is 28. The van der Waals surface area contributed by atoms with Gasteiger partial charge in [-0.1, -0.05) is 287 Å². The van der Waals surface area contributed by atoms with Crippen molar-refractivity contribution in [3.05, 3.63) is 170 Å². The molecule has 0 amide bonds. The number of carbonyl (C=O) groups is 2. The Labute approximate surface area is 540 Å². The Balaban J connectivity index is 4.16. The lowest BCUT2D eigenvalue weighted by Crippen LogP contribution is -2.37. The molecule has 2 unspecified atom stereocenters. The molecular weight excluding hydrogens is 1110 g/mol. The van der Waals surface area contributed by atoms with Gasteiger partial charge < -0.3 is 18.9 Å². The molecule has 498 valence electrons. The van der Waals surface area contributed by atoms with Gasteiger partial charge in [0.15, 0.2) is 6.10 Å². The first-order chi connectivity index (χ1) is 43.0. The van der Waals surface area contributed by atoms with Gasteiger partial charge in [-0.25, -0.2) is 4.57 Å². The van der Waals surface area contributed by atoms with E-state index in [0.29, 0.717) is 17.4 Å². The summed E-state index contributed by atoms with van der Waals surface area (Å²) in [5, 5.41) is 0. The van der Waals surface area contributed by atoms with Crippen LogP contribution in [0.25, 0.3) is 0 Å². The molecule has 0 spiro atoms. The molecule has 0 aliphatic rings. The van der Waals surface area contributed by atoms with Crippen molar-refractivity contribution in [2.24, 2.45) is 0 Å². The van der Waals surface area contributed by atoms with E-state index in [9.17, 15) is 19.0 Å². The van der Waals surface area contributed by atoms with Gasteiger partial charge >= 0.3 is 19.8 Å². The number of likely N-dealkylation sites (N-methyl/N-ethyl adjacent to an activating group) is 1. The zero-order valence-corrected chi connectivity index (χ0v) is 57.5. The maximum absolute atomic E-state index is 12.9. The molecule has 0 aromatic carbocycles. The number of phosphoric acid groups is 1. The van der Waals surface area contributed by atoms with Crippen molar-refractivity contribution in [2.45, 2.75) is 264 Å². The first kappa shape index (κ1) is 83.4. The van der Waals surface area contributed by atoms with Crippen LogP contribution >= 0.6 is 7.82 Å². The van der Waals surface area contributed by atoms with Crippen LogP contribution in [0.2, 0.25) is 0 Å². The SMILES string of the molecule is CC/C=C\C/C=C\C/C=C\C/C=C\C/C=C\C/C=C\C/C=C\C/C=C\C/C=C\C/C=C\CCCCCCCCC(=O)OC(COC(=O)CCCCCCCCCCCCCCCC/C=C\C/C=C\C/C=C\C/C=C\CC)COP(=O)(O)OCC[N+](C)(C)C. The van der Waals surface area contributed by atoms with Crippen molar-refractivity contribution in [3.8, 4) is 0 Å². The molecule has 0 heterocycles. The first-order valence-corrected chi connectivity index (χ1v) is 36.4. The fraction of sp³-hybridized carbons (Fsp3) is 0.615. The van der Waals surface area contributed by atoms with E-state index in [2.05, 4.69) is 184 Å². The summed E-state index contributed by atoms with van der Waals surface area (Å²) in [7, 11) is 1.45. The molecule has 10 heteroatoms. The minimum Gasteiger partial charge on any atom is -0.462 e. The largest absolute Gasteiger partial charge is 0.472 e. The highest BCUT2D eigenvalue weighted by atomic mass is 31.2. The summed E-state index contributed by atoms with van der Waals surface area (Å²) < 4.78 is 34.7. The molecule has 0 aromatic heterocycles. The summed E-state index contributed by atoms with van der Waals surface area (Å²) in [6.07, 6.45) is 102. The summed E-state index contributed by atoms with van der Waals surface area (Å²) >= 11 is 0. The van der Waals surface area contributed by atoms with E-state index in [1.54, 1.807) is 0 Å². The molecule has 2 atom stereocenters. The van der Waals surface area contributed by atoms with Gasteiger partial charge in [-0.3, -0.25) is 18.6 Å². The summed E-state index contributed by atoms with van der Waals surface area (Å²) in [6, 6.07) is 0. The van der Waals surface area contributed by atoms with E-state index >= 15 is 0 Å². The molecule has 0 aliphatic heterocycles. The summed E-state index contributed by atoms with van der Waals surface area (Å²) in [5.74, 6) is -0.823. The second kappa shape index (κ2) is 66.8. The number of ether oxygens (including phenoxy) is 2. The third-order valence-corrected chi connectivity index (χ3v) is 15.2. The Morgan fingerprint density at radius 3 is 0.909 bits per heavy atom. The first-order valence-electron chi connectivity index (χ1n) is 34.9. The van der Waals surface area contributed by atoms with Crippen LogP contribution in [0.1, 0.15) is 258 Å². The molecule has 0 rings (SSSR count). The van der Waals surface area contributed by atoms with E-state index < -0.39 is 26.5 Å². The van der Waals surface area contributed by atoms with Gasteiger partial charge in [0.1, 0.15) is 19.8 Å². The molecule has 0 aliphatic carbocycles. The van der Waals surface area contributed by atoms with Crippen molar-refractivity contribution in [1.82, 2.24) is 0 Å². The Hall–Kier alpha value is -4.63. The molecular formula is C78H129NO8P+. The molecule has 0 saturated heterocycles. The Kier molecular flexibility index (Phi) is 63.3. The number of unbranched alkanes of at least 4 members (excludes halogenated alkanes) is 20. The van der Waals surface area contributed by atoms with E-state index in [1.165, 1.54) is 77.0 Å². The summed E-state index contributed by atoms with van der Waals surface area (Å²) in [6.45, 7) is 4.18. The monoisotopic (exact) mass is 1240 g/mol. The maximum atomic E-state index is 12.9. The van der Waals surface area contributed by atoms with Crippen molar-refractivity contribution in [3.63, 3.8) is 0 Å². The normalized spacial score (nSPS) is 14.2. The molecule has 9 nitrogen and oxygen atoms in total. The number of esters is 2. The zero-order valence-electron chi connectivity index (χ0n) is 56.6. The molecule has 0 radical (unpaired) electrons. The van der Waals surface area contributed by atoms with Crippen molar-refractivity contribution < 1.29 is 42.1 Å². The van der Waals surface area contributed by atoms with Crippen LogP contribution in [0.5, 0.6) is 0 Å². The number of hydrogen-bond acceptors (Lipinski definition) is 7. The van der Waals surface area contributed by atoms with Gasteiger partial charge in [0.2, 0.25) is 0 Å². The number of quaternary nitrogens is 1. The predicted molar refractivity (Wildman–Crippen MR) is 380 cm³/mol.